The van der Waals surface area contributed by atoms with Crippen LogP contribution in [0.1, 0.15) is 27.2 Å². The Kier molecular flexibility index (Phi) is 5.58. The maximum Gasteiger partial charge on any atom is 0.0593 e. The topological polar surface area (TPSA) is 38.5 Å². The number of nitrogens with two attached hydrogens (primary N) is 1. The third-order valence-corrected chi connectivity index (χ3v) is 3.06. The Balaban J connectivity index is 2.07. The smallest absolute Gasteiger partial charge is 0.0593 e. The van der Waals surface area contributed by atoms with E-state index in [2.05, 4.69) is 25.7 Å². The first-order valence-electron chi connectivity index (χ1n) is 6.15. The van der Waals surface area contributed by atoms with Crippen LogP contribution in [-0.2, 0) is 4.74 Å². The van der Waals surface area contributed by atoms with Crippen molar-refractivity contribution in [2.24, 2.45) is 17.6 Å². The molecule has 0 bridgehead atoms. The van der Waals surface area contributed by atoms with E-state index in [4.69, 9.17) is 10.5 Å². The summed E-state index contributed by atoms with van der Waals surface area (Å²) in [6.07, 6.45) is 1.13. The number of ether oxygens (including phenoxy) is 1. The molecule has 3 heteroatoms. The lowest BCUT2D eigenvalue weighted by Gasteiger charge is -2.34. The van der Waals surface area contributed by atoms with E-state index in [1.54, 1.807) is 0 Å². The molecule has 1 heterocycles. The van der Waals surface area contributed by atoms with E-state index < -0.39 is 0 Å². The third-order valence-electron chi connectivity index (χ3n) is 3.06. The molecule has 0 spiro atoms. The van der Waals surface area contributed by atoms with Crippen LogP contribution in [0.25, 0.3) is 0 Å². The quantitative estimate of drug-likeness (QED) is 0.702. The zero-order valence-corrected chi connectivity index (χ0v) is 10.4. The van der Waals surface area contributed by atoms with Crippen LogP contribution in [-0.4, -0.2) is 43.8 Å². The van der Waals surface area contributed by atoms with Gasteiger partial charge in [0, 0.05) is 25.7 Å². The molecule has 0 aromatic heterocycles. The molecular formula is C12H26N2O. The predicted octanol–water partition coefficient (Wildman–Crippen LogP) is 1.33. The summed E-state index contributed by atoms with van der Waals surface area (Å²) in [6.45, 7) is 11.7. The minimum absolute atomic E-state index is 0.401. The molecule has 0 saturated carbocycles. The van der Waals surface area contributed by atoms with Crippen LogP contribution >= 0.6 is 0 Å². The second-order valence-corrected chi connectivity index (χ2v) is 5.20. The molecule has 1 saturated heterocycles. The van der Waals surface area contributed by atoms with E-state index in [-0.39, 0.29) is 0 Å². The molecule has 1 aliphatic rings. The Bertz CT molecular complexity index is 173. The molecule has 15 heavy (non-hydrogen) atoms. The van der Waals surface area contributed by atoms with Crippen LogP contribution < -0.4 is 5.73 Å². The predicted molar refractivity (Wildman–Crippen MR) is 63.9 cm³/mol. The summed E-state index contributed by atoms with van der Waals surface area (Å²) in [6, 6.07) is 0.401. The highest BCUT2D eigenvalue weighted by Crippen LogP contribution is 2.14. The average molecular weight is 214 g/mol. The fourth-order valence-electron chi connectivity index (χ4n) is 1.97. The van der Waals surface area contributed by atoms with Gasteiger partial charge in [-0.3, -0.25) is 0 Å². The van der Waals surface area contributed by atoms with E-state index in [1.165, 1.54) is 0 Å². The Morgan fingerprint density at radius 3 is 2.80 bits per heavy atom. The van der Waals surface area contributed by atoms with Gasteiger partial charge in [-0.2, -0.15) is 0 Å². The largest absolute Gasteiger partial charge is 0.380 e. The van der Waals surface area contributed by atoms with Gasteiger partial charge >= 0.3 is 0 Å². The van der Waals surface area contributed by atoms with Crippen molar-refractivity contribution in [3.8, 4) is 0 Å². The fraction of sp³-hybridized carbons (Fsp3) is 1.00. The lowest BCUT2D eigenvalue weighted by Crippen LogP contribution is -2.46. The molecule has 0 amide bonds. The summed E-state index contributed by atoms with van der Waals surface area (Å²) < 4.78 is 5.59. The molecular weight excluding hydrogens is 188 g/mol. The van der Waals surface area contributed by atoms with Crippen molar-refractivity contribution in [1.29, 1.82) is 0 Å². The number of nitrogens with zero attached hydrogens (tertiary/aromatic N) is 1. The number of piperidine rings is 1. The van der Waals surface area contributed by atoms with Crippen molar-refractivity contribution in [2.45, 2.75) is 33.2 Å². The minimum Gasteiger partial charge on any atom is -0.380 e. The van der Waals surface area contributed by atoms with Crippen LogP contribution in [0, 0.1) is 11.8 Å². The van der Waals surface area contributed by atoms with Gasteiger partial charge in [-0.05, 0) is 24.8 Å². The molecule has 0 radical (unpaired) electrons. The first kappa shape index (κ1) is 12.9. The van der Waals surface area contributed by atoms with Gasteiger partial charge in [-0.1, -0.05) is 20.8 Å². The van der Waals surface area contributed by atoms with Crippen LogP contribution in [0.3, 0.4) is 0 Å². The van der Waals surface area contributed by atoms with Gasteiger partial charge in [0.2, 0.25) is 0 Å². The highest BCUT2D eigenvalue weighted by Gasteiger charge is 2.22. The van der Waals surface area contributed by atoms with Crippen molar-refractivity contribution in [2.75, 3.05) is 32.8 Å². The minimum atomic E-state index is 0.401. The third kappa shape index (κ3) is 4.96. The summed E-state index contributed by atoms with van der Waals surface area (Å²) in [5, 5.41) is 0. The summed E-state index contributed by atoms with van der Waals surface area (Å²) in [5.74, 6) is 1.27. The molecule has 2 unspecified atom stereocenters. The molecule has 0 aliphatic carbocycles. The number of likely N-dealkylation sites (tertiary alicyclic amines) is 1. The molecule has 1 aliphatic heterocycles. The normalized spacial score (nSPS) is 28.6. The Morgan fingerprint density at radius 2 is 2.20 bits per heavy atom. The molecule has 3 nitrogen and oxygen atoms in total. The van der Waals surface area contributed by atoms with E-state index >= 15 is 0 Å². The second kappa shape index (κ2) is 6.46. The molecule has 0 aromatic rings. The first-order valence-corrected chi connectivity index (χ1v) is 6.15. The second-order valence-electron chi connectivity index (χ2n) is 5.20. The molecule has 1 rings (SSSR count). The number of rotatable bonds is 5. The van der Waals surface area contributed by atoms with Crippen LogP contribution in [0.15, 0.2) is 0 Å². The lowest BCUT2D eigenvalue weighted by molar-refractivity contribution is 0.0693. The van der Waals surface area contributed by atoms with Crippen LogP contribution in [0.5, 0.6) is 0 Å². The molecule has 2 atom stereocenters. The molecule has 90 valence electrons. The number of hydrogen-bond acceptors (Lipinski definition) is 3. The van der Waals surface area contributed by atoms with Crippen LogP contribution in [0.4, 0.5) is 0 Å². The SMILES string of the molecule is CC(C)COCCN1CCC(N)C(C)C1. The van der Waals surface area contributed by atoms with Crippen molar-refractivity contribution in [3.63, 3.8) is 0 Å². The Morgan fingerprint density at radius 1 is 1.47 bits per heavy atom. The summed E-state index contributed by atoms with van der Waals surface area (Å²) in [4.78, 5) is 2.47. The molecule has 2 N–H and O–H groups in total. The maximum atomic E-state index is 5.98. The van der Waals surface area contributed by atoms with Crippen LogP contribution in [0.2, 0.25) is 0 Å². The van der Waals surface area contributed by atoms with E-state index in [0.717, 1.165) is 39.3 Å². The summed E-state index contributed by atoms with van der Waals surface area (Å²) in [7, 11) is 0. The zero-order chi connectivity index (χ0) is 11.3. The van der Waals surface area contributed by atoms with E-state index in [0.29, 0.717) is 17.9 Å². The van der Waals surface area contributed by atoms with Crippen molar-refractivity contribution in [1.82, 2.24) is 4.90 Å². The summed E-state index contributed by atoms with van der Waals surface area (Å²) >= 11 is 0. The highest BCUT2D eigenvalue weighted by atomic mass is 16.5. The van der Waals surface area contributed by atoms with Gasteiger partial charge in [0.1, 0.15) is 0 Å². The lowest BCUT2D eigenvalue weighted by atomic mass is 9.95. The van der Waals surface area contributed by atoms with Crippen molar-refractivity contribution >= 4 is 0 Å². The molecule has 1 fully saturated rings. The average Bonchev–Trinajstić information content (AvgIpc) is 2.18. The maximum absolute atomic E-state index is 5.98. The Labute approximate surface area is 94.0 Å². The summed E-state index contributed by atoms with van der Waals surface area (Å²) in [5.41, 5.74) is 5.98. The number of hydrogen-bond donors (Lipinski definition) is 1. The van der Waals surface area contributed by atoms with E-state index in [1.807, 2.05) is 0 Å². The standard InChI is InChI=1S/C12H26N2O/c1-10(2)9-15-7-6-14-5-4-12(13)11(3)8-14/h10-12H,4-9,13H2,1-3H3. The highest BCUT2D eigenvalue weighted by molar-refractivity contribution is 4.79. The zero-order valence-electron chi connectivity index (χ0n) is 10.4. The van der Waals surface area contributed by atoms with Gasteiger partial charge in [0.15, 0.2) is 0 Å². The Hall–Kier alpha value is -0.120. The monoisotopic (exact) mass is 214 g/mol. The van der Waals surface area contributed by atoms with Crippen molar-refractivity contribution in [3.05, 3.63) is 0 Å². The van der Waals surface area contributed by atoms with Gasteiger partial charge < -0.3 is 15.4 Å². The van der Waals surface area contributed by atoms with Gasteiger partial charge in [0.05, 0.1) is 6.61 Å². The molecule has 0 aromatic carbocycles. The van der Waals surface area contributed by atoms with Gasteiger partial charge in [0.25, 0.3) is 0 Å². The van der Waals surface area contributed by atoms with Crippen molar-refractivity contribution < 1.29 is 4.74 Å². The fourth-order valence-corrected chi connectivity index (χ4v) is 1.97. The first-order chi connectivity index (χ1) is 7.09. The van der Waals surface area contributed by atoms with Gasteiger partial charge in [-0.15, -0.1) is 0 Å². The van der Waals surface area contributed by atoms with E-state index in [9.17, 15) is 0 Å². The van der Waals surface area contributed by atoms with Gasteiger partial charge in [-0.25, -0.2) is 0 Å².